The molecule has 0 radical (unpaired) electrons. The first kappa shape index (κ1) is 12.7. The molecule has 3 aromatic rings. The first-order chi connectivity index (χ1) is 9.65. The number of benzene rings is 2. The highest BCUT2D eigenvalue weighted by Crippen LogP contribution is 2.30. The Labute approximate surface area is 123 Å². The van der Waals surface area contributed by atoms with Gasteiger partial charge in [-0.15, -0.1) is 0 Å². The van der Waals surface area contributed by atoms with Crippen molar-refractivity contribution in [2.75, 3.05) is 5.73 Å². The summed E-state index contributed by atoms with van der Waals surface area (Å²) in [6, 6.07) is 12.4. The molecular formula is C14H10BrN3O2. The molecule has 0 saturated carbocycles. The lowest BCUT2D eigenvalue weighted by Crippen LogP contribution is -1.86. The molecule has 1 heterocycles. The van der Waals surface area contributed by atoms with Crippen LogP contribution in [-0.2, 0) is 0 Å². The Hall–Kier alpha value is -2.34. The van der Waals surface area contributed by atoms with Crippen LogP contribution in [0.25, 0.3) is 22.8 Å². The molecule has 0 amide bonds. The molecule has 5 nitrogen and oxygen atoms in total. The van der Waals surface area contributed by atoms with E-state index in [0.29, 0.717) is 23.0 Å². The Morgan fingerprint density at radius 3 is 2.70 bits per heavy atom. The van der Waals surface area contributed by atoms with E-state index in [0.717, 1.165) is 10.0 Å². The SMILES string of the molecule is Nc1ccc(-c2nc(-c3ccccc3Br)no2)cc1O. The number of hydrogen-bond donors (Lipinski definition) is 2. The molecule has 3 N–H and O–H groups in total. The standard InChI is InChI=1S/C14H10BrN3O2/c15-10-4-2-1-3-9(10)13-17-14(20-18-13)8-5-6-11(16)12(19)7-8/h1-7,19H,16H2. The Morgan fingerprint density at radius 1 is 1.15 bits per heavy atom. The largest absolute Gasteiger partial charge is 0.506 e. The zero-order valence-corrected chi connectivity index (χ0v) is 11.8. The summed E-state index contributed by atoms with van der Waals surface area (Å²) in [6.45, 7) is 0. The fraction of sp³-hybridized carbons (Fsp3) is 0. The third-order valence-corrected chi connectivity index (χ3v) is 3.51. The average molecular weight is 332 g/mol. The number of phenols is 1. The zero-order valence-electron chi connectivity index (χ0n) is 10.2. The molecule has 0 atom stereocenters. The van der Waals surface area contributed by atoms with Crippen LogP contribution in [-0.4, -0.2) is 15.2 Å². The van der Waals surface area contributed by atoms with Gasteiger partial charge in [0, 0.05) is 15.6 Å². The topological polar surface area (TPSA) is 85.2 Å². The van der Waals surface area contributed by atoms with E-state index in [2.05, 4.69) is 26.1 Å². The number of nitrogens with two attached hydrogens (primary N) is 1. The van der Waals surface area contributed by atoms with Crippen LogP contribution in [0.2, 0.25) is 0 Å². The highest BCUT2D eigenvalue weighted by Gasteiger charge is 2.13. The first-order valence-electron chi connectivity index (χ1n) is 5.82. The van der Waals surface area contributed by atoms with Gasteiger partial charge in [0.15, 0.2) is 0 Å². The number of nitrogens with zero attached hydrogens (tertiary/aromatic N) is 2. The van der Waals surface area contributed by atoms with Crippen LogP contribution >= 0.6 is 15.9 Å². The van der Waals surface area contributed by atoms with E-state index >= 15 is 0 Å². The molecule has 0 aliphatic heterocycles. The van der Waals surface area contributed by atoms with Gasteiger partial charge in [-0.2, -0.15) is 4.98 Å². The second-order valence-corrected chi connectivity index (χ2v) is 5.03. The van der Waals surface area contributed by atoms with Gasteiger partial charge >= 0.3 is 0 Å². The smallest absolute Gasteiger partial charge is 0.258 e. The zero-order chi connectivity index (χ0) is 14.1. The van der Waals surface area contributed by atoms with Crippen molar-refractivity contribution in [3.05, 3.63) is 46.9 Å². The van der Waals surface area contributed by atoms with Gasteiger partial charge in [-0.05, 0) is 30.3 Å². The number of halogens is 1. The summed E-state index contributed by atoms with van der Waals surface area (Å²) in [5.41, 5.74) is 7.31. The van der Waals surface area contributed by atoms with Crippen molar-refractivity contribution >= 4 is 21.6 Å². The second-order valence-electron chi connectivity index (χ2n) is 4.18. The van der Waals surface area contributed by atoms with Crippen molar-refractivity contribution in [3.63, 3.8) is 0 Å². The van der Waals surface area contributed by atoms with Gasteiger partial charge in [-0.3, -0.25) is 0 Å². The van der Waals surface area contributed by atoms with Crippen LogP contribution in [0.1, 0.15) is 0 Å². The average Bonchev–Trinajstić information content (AvgIpc) is 2.92. The van der Waals surface area contributed by atoms with E-state index < -0.39 is 0 Å². The molecule has 100 valence electrons. The van der Waals surface area contributed by atoms with Gasteiger partial charge in [0.2, 0.25) is 5.82 Å². The summed E-state index contributed by atoms with van der Waals surface area (Å²) >= 11 is 3.44. The van der Waals surface area contributed by atoms with E-state index in [4.69, 9.17) is 10.3 Å². The number of phenolic OH excluding ortho intramolecular Hbond substituents is 1. The maximum absolute atomic E-state index is 9.61. The van der Waals surface area contributed by atoms with E-state index in [1.165, 1.54) is 6.07 Å². The first-order valence-corrected chi connectivity index (χ1v) is 6.62. The number of anilines is 1. The molecule has 0 aliphatic rings. The van der Waals surface area contributed by atoms with Crippen LogP contribution in [0.15, 0.2) is 51.5 Å². The van der Waals surface area contributed by atoms with E-state index in [9.17, 15) is 5.11 Å². The van der Waals surface area contributed by atoms with Crippen LogP contribution in [0.4, 0.5) is 5.69 Å². The fourth-order valence-corrected chi connectivity index (χ4v) is 2.23. The Morgan fingerprint density at radius 2 is 1.95 bits per heavy atom. The minimum Gasteiger partial charge on any atom is -0.506 e. The highest BCUT2D eigenvalue weighted by molar-refractivity contribution is 9.10. The van der Waals surface area contributed by atoms with Gasteiger partial charge in [0.25, 0.3) is 5.89 Å². The normalized spacial score (nSPS) is 10.7. The predicted octanol–water partition coefficient (Wildman–Crippen LogP) is 3.45. The van der Waals surface area contributed by atoms with Crippen molar-refractivity contribution in [2.24, 2.45) is 0 Å². The van der Waals surface area contributed by atoms with Gasteiger partial charge in [0.05, 0.1) is 5.69 Å². The Kier molecular flexibility index (Phi) is 3.15. The van der Waals surface area contributed by atoms with Crippen LogP contribution in [0.5, 0.6) is 5.75 Å². The summed E-state index contributed by atoms with van der Waals surface area (Å²) in [5, 5.41) is 13.6. The summed E-state index contributed by atoms with van der Waals surface area (Å²) in [6.07, 6.45) is 0. The molecule has 3 rings (SSSR count). The number of hydrogen-bond acceptors (Lipinski definition) is 5. The lowest BCUT2D eigenvalue weighted by molar-refractivity contribution is 0.431. The number of nitrogen functional groups attached to an aromatic ring is 1. The number of rotatable bonds is 2. The van der Waals surface area contributed by atoms with E-state index in [1.54, 1.807) is 12.1 Å². The molecule has 1 aromatic heterocycles. The second kappa shape index (κ2) is 4.97. The van der Waals surface area contributed by atoms with Crippen molar-refractivity contribution in [2.45, 2.75) is 0 Å². The van der Waals surface area contributed by atoms with E-state index in [-0.39, 0.29) is 5.75 Å². The minimum absolute atomic E-state index is 0.0110. The summed E-state index contributed by atoms with van der Waals surface area (Å²) in [7, 11) is 0. The van der Waals surface area contributed by atoms with Crippen molar-refractivity contribution in [1.29, 1.82) is 0 Å². The van der Waals surface area contributed by atoms with Crippen molar-refractivity contribution < 1.29 is 9.63 Å². The third-order valence-electron chi connectivity index (χ3n) is 2.82. The molecule has 20 heavy (non-hydrogen) atoms. The molecule has 6 heteroatoms. The molecule has 0 unspecified atom stereocenters. The quantitative estimate of drug-likeness (QED) is 0.554. The minimum atomic E-state index is -0.0110. The van der Waals surface area contributed by atoms with Crippen LogP contribution in [0, 0.1) is 0 Å². The monoisotopic (exact) mass is 331 g/mol. The van der Waals surface area contributed by atoms with Crippen LogP contribution in [0.3, 0.4) is 0 Å². The summed E-state index contributed by atoms with van der Waals surface area (Å²) < 4.78 is 6.10. The predicted molar refractivity (Wildman–Crippen MR) is 78.9 cm³/mol. The maximum atomic E-state index is 9.61. The van der Waals surface area contributed by atoms with E-state index in [1.807, 2.05) is 24.3 Å². The molecule has 2 aromatic carbocycles. The Bertz CT molecular complexity index is 771. The lowest BCUT2D eigenvalue weighted by Gasteiger charge is -1.99. The molecular weight excluding hydrogens is 322 g/mol. The fourth-order valence-electron chi connectivity index (χ4n) is 1.77. The van der Waals surface area contributed by atoms with Crippen molar-refractivity contribution in [3.8, 4) is 28.6 Å². The van der Waals surface area contributed by atoms with Crippen molar-refractivity contribution in [1.82, 2.24) is 10.1 Å². The summed E-state index contributed by atoms with van der Waals surface area (Å²) in [4.78, 5) is 4.32. The van der Waals surface area contributed by atoms with Gasteiger partial charge in [0.1, 0.15) is 5.75 Å². The number of aromatic hydroxyl groups is 1. The number of aromatic nitrogens is 2. The molecule has 0 spiro atoms. The molecule has 0 bridgehead atoms. The highest BCUT2D eigenvalue weighted by atomic mass is 79.9. The Balaban J connectivity index is 2.02. The van der Waals surface area contributed by atoms with Crippen LogP contribution < -0.4 is 5.73 Å². The maximum Gasteiger partial charge on any atom is 0.258 e. The molecule has 0 saturated heterocycles. The third kappa shape index (κ3) is 2.25. The lowest BCUT2D eigenvalue weighted by atomic mass is 10.2. The van der Waals surface area contributed by atoms with Gasteiger partial charge in [-0.1, -0.05) is 33.2 Å². The summed E-state index contributed by atoms with van der Waals surface area (Å²) in [5.74, 6) is 0.790. The molecule has 0 aliphatic carbocycles. The van der Waals surface area contributed by atoms with Gasteiger partial charge in [-0.25, -0.2) is 0 Å². The van der Waals surface area contributed by atoms with Gasteiger partial charge < -0.3 is 15.4 Å². The molecule has 0 fully saturated rings.